The molecule has 2 aliphatic rings. The number of rotatable bonds is 6. The lowest BCUT2D eigenvalue weighted by Crippen LogP contribution is -2.51. The summed E-state index contributed by atoms with van der Waals surface area (Å²) in [4.78, 5) is 15.2. The van der Waals surface area contributed by atoms with Gasteiger partial charge in [0.2, 0.25) is 5.82 Å². The first-order chi connectivity index (χ1) is 14.1. The molecule has 9 heteroatoms. The van der Waals surface area contributed by atoms with Gasteiger partial charge in [0, 0.05) is 38.5 Å². The van der Waals surface area contributed by atoms with E-state index in [4.69, 9.17) is 14.2 Å². The smallest absolute Gasteiger partial charge is 0.293 e. The van der Waals surface area contributed by atoms with E-state index in [1.165, 1.54) is 0 Å². The molecule has 2 aromatic rings. The number of hydrogen-bond acceptors (Lipinski definition) is 7. The van der Waals surface area contributed by atoms with Crippen LogP contribution in [0.25, 0.3) is 0 Å². The van der Waals surface area contributed by atoms with Gasteiger partial charge in [-0.3, -0.25) is 4.79 Å². The van der Waals surface area contributed by atoms with Crippen molar-refractivity contribution in [2.45, 2.75) is 31.6 Å². The van der Waals surface area contributed by atoms with E-state index < -0.39 is 0 Å². The van der Waals surface area contributed by atoms with Gasteiger partial charge in [0.05, 0.1) is 25.9 Å². The number of benzene rings is 1. The number of likely N-dealkylation sites (tertiary alicyclic amines) is 1. The molecule has 29 heavy (non-hydrogen) atoms. The number of ether oxygens (including phenoxy) is 3. The van der Waals surface area contributed by atoms with E-state index in [0.29, 0.717) is 36.2 Å². The Labute approximate surface area is 169 Å². The summed E-state index contributed by atoms with van der Waals surface area (Å²) < 4.78 is 18.5. The van der Waals surface area contributed by atoms with Crippen LogP contribution in [0.4, 0.5) is 5.69 Å². The molecule has 4 rings (SSSR count). The average Bonchev–Trinajstić information content (AvgIpc) is 3.16. The van der Waals surface area contributed by atoms with Crippen molar-refractivity contribution in [2.75, 3.05) is 45.8 Å². The third-order valence-electron chi connectivity index (χ3n) is 5.69. The highest BCUT2D eigenvalue weighted by Gasteiger charge is 2.41. The van der Waals surface area contributed by atoms with Crippen LogP contribution >= 0.6 is 0 Å². The summed E-state index contributed by atoms with van der Waals surface area (Å²) in [5, 5.41) is 11.2. The van der Waals surface area contributed by atoms with Crippen LogP contribution in [0.2, 0.25) is 0 Å². The first-order valence-electron chi connectivity index (χ1n) is 9.85. The number of aromatic nitrogens is 3. The zero-order valence-electron chi connectivity index (χ0n) is 16.9. The Bertz CT molecular complexity index is 860. The summed E-state index contributed by atoms with van der Waals surface area (Å²) >= 11 is 0. The van der Waals surface area contributed by atoms with Crippen LogP contribution in [0.1, 0.15) is 29.3 Å². The quantitative estimate of drug-likeness (QED) is 0.785. The van der Waals surface area contributed by atoms with E-state index in [2.05, 4.69) is 20.4 Å². The Balaban J connectivity index is 1.45. The second-order valence-electron chi connectivity index (χ2n) is 7.52. The number of carbonyl (C=O) groups is 1. The number of amides is 1. The highest BCUT2D eigenvalue weighted by Crippen LogP contribution is 2.33. The number of fused-ring (bicyclic) bond motifs is 1. The minimum absolute atomic E-state index is 0.274. The van der Waals surface area contributed by atoms with E-state index in [9.17, 15) is 4.79 Å². The second kappa shape index (κ2) is 8.48. The molecule has 2 aliphatic heterocycles. The van der Waals surface area contributed by atoms with Crippen LogP contribution in [0.5, 0.6) is 5.75 Å². The van der Waals surface area contributed by atoms with Gasteiger partial charge < -0.3 is 29.0 Å². The molecule has 0 aliphatic carbocycles. The Morgan fingerprint density at radius 3 is 2.86 bits per heavy atom. The maximum absolute atomic E-state index is 12.9. The fraction of sp³-hybridized carbons (Fsp3) is 0.550. The summed E-state index contributed by atoms with van der Waals surface area (Å²) in [5.74, 6) is 1.39. The molecule has 0 radical (unpaired) electrons. The van der Waals surface area contributed by atoms with Crippen molar-refractivity contribution in [1.29, 1.82) is 0 Å². The Hall–Kier alpha value is -2.49. The normalized spacial score (nSPS) is 18.4. The van der Waals surface area contributed by atoms with Gasteiger partial charge in [0.15, 0.2) is 5.82 Å². The molecule has 1 aromatic heterocycles. The molecule has 0 atom stereocenters. The number of methoxy groups -OCH3 is 2. The molecule has 1 aromatic carbocycles. The van der Waals surface area contributed by atoms with Crippen molar-refractivity contribution in [3.63, 3.8) is 0 Å². The summed E-state index contributed by atoms with van der Waals surface area (Å²) in [6.07, 6.45) is 1.82. The van der Waals surface area contributed by atoms with Crippen molar-refractivity contribution in [1.82, 2.24) is 19.7 Å². The van der Waals surface area contributed by atoms with Gasteiger partial charge in [-0.25, -0.2) is 0 Å². The molecule has 3 heterocycles. The maximum atomic E-state index is 12.9. The number of anilines is 1. The first kappa shape index (κ1) is 19.8. The van der Waals surface area contributed by atoms with Gasteiger partial charge in [-0.2, -0.15) is 0 Å². The Kier molecular flexibility index (Phi) is 5.79. The third kappa shape index (κ3) is 4.26. The second-order valence-corrected chi connectivity index (χ2v) is 7.52. The first-order valence-corrected chi connectivity index (χ1v) is 9.85. The lowest BCUT2D eigenvalue weighted by Gasteiger charge is -2.44. The lowest BCUT2D eigenvalue weighted by molar-refractivity contribution is -0.123. The molecule has 0 bridgehead atoms. The lowest BCUT2D eigenvalue weighted by atomic mass is 9.90. The predicted molar refractivity (Wildman–Crippen MR) is 106 cm³/mol. The van der Waals surface area contributed by atoms with Crippen molar-refractivity contribution in [2.24, 2.45) is 0 Å². The predicted octanol–water partition coefficient (Wildman–Crippen LogP) is 1.55. The molecule has 1 spiro atoms. The highest BCUT2D eigenvalue weighted by atomic mass is 16.5. The largest absolute Gasteiger partial charge is 0.497 e. The molecular weight excluding hydrogens is 374 g/mol. The van der Waals surface area contributed by atoms with Gasteiger partial charge in [0.1, 0.15) is 12.4 Å². The van der Waals surface area contributed by atoms with Gasteiger partial charge in [-0.05, 0) is 25.0 Å². The maximum Gasteiger partial charge on any atom is 0.293 e. The van der Waals surface area contributed by atoms with E-state index in [1.54, 1.807) is 20.3 Å². The van der Waals surface area contributed by atoms with E-state index in [0.717, 1.165) is 39.1 Å². The molecule has 156 valence electrons. The van der Waals surface area contributed by atoms with Crippen LogP contribution in [0.15, 0.2) is 24.3 Å². The summed E-state index contributed by atoms with van der Waals surface area (Å²) in [5.41, 5.74) is 0.379. The van der Waals surface area contributed by atoms with Crippen LogP contribution in [-0.2, 0) is 22.6 Å². The Morgan fingerprint density at radius 2 is 2.10 bits per heavy atom. The van der Waals surface area contributed by atoms with Gasteiger partial charge in [-0.15, -0.1) is 10.2 Å². The SMILES string of the molecule is COCCN1CCC2(CC1)Cn1c(nnc1C(=O)Nc1cccc(OC)c1)CO2. The fourth-order valence-corrected chi connectivity index (χ4v) is 3.92. The number of piperidine rings is 1. The average molecular weight is 401 g/mol. The van der Waals surface area contributed by atoms with E-state index in [1.807, 2.05) is 22.8 Å². The molecule has 1 fully saturated rings. The molecule has 0 unspecified atom stereocenters. The fourth-order valence-electron chi connectivity index (χ4n) is 3.92. The monoisotopic (exact) mass is 401 g/mol. The molecule has 0 saturated carbocycles. The minimum Gasteiger partial charge on any atom is -0.497 e. The number of carbonyl (C=O) groups excluding carboxylic acids is 1. The molecule has 1 amide bonds. The van der Waals surface area contributed by atoms with E-state index in [-0.39, 0.29) is 11.5 Å². The van der Waals surface area contributed by atoms with Crippen LogP contribution < -0.4 is 10.1 Å². The topological polar surface area (TPSA) is 90.7 Å². The van der Waals surface area contributed by atoms with Crippen LogP contribution in [0.3, 0.4) is 0 Å². The number of nitrogens with zero attached hydrogens (tertiary/aromatic N) is 4. The summed E-state index contributed by atoms with van der Waals surface area (Å²) in [6.45, 7) is 4.53. The van der Waals surface area contributed by atoms with E-state index >= 15 is 0 Å². The van der Waals surface area contributed by atoms with Crippen molar-refractivity contribution >= 4 is 11.6 Å². The molecule has 1 saturated heterocycles. The number of hydrogen-bond donors (Lipinski definition) is 1. The molecular formula is C20H27N5O4. The number of nitrogens with one attached hydrogen (secondary N) is 1. The van der Waals surface area contributed by atoms with Crippen molar-refractivity contribution in [3.8, 4) is 5.75 Å². The third-order valence-corrected chi connectivity index (χ3v) is 5.69. The van der Waals surface area contributed by atoms with Crippen molar-refractivity contribution < 1.29 is 19.0 Å². The van der Waals surface area contributed by atoms with Gasteiger partial charge in [-0.1, -0.05) is 6.07 Å². The Morgan fingerprint density at radius 1 is 1.28 bits per heavy atom. The minimum atomic E-state index is -0.286. The standard InChI is InChI=1S/C20H27N5O4/c1-27-11-10-24-8-6-20(7-9-24)14-25-17(13-29-20)22-23-18(25)19(26)21-15-4-3-5-16(12-15)28-2/h3-5,12H,6-11,13-14H2,1-2H3,(H,21,26). The van der Waals surface area contributed by atoms with Gasteiger partial charge in [0.25, 0.3) is 5.91 Å². The summed E-state index contributed by atoms with van der Waals surface area (Å²) in [6, 6.07) is 7.24. The van der Waals surface area contributed by atoms with Crippen LogP contribution in [-0.4, -0.2) is 71.6 Å². The van der Waals surface area contributed by atoms with Gasteiger partial charge >= 0.3 is 0 Å². The zero-order valence-corrected chi connectivity index (χ0v) is 16.9. The molecule has 1 N–H and O–H groups in total. The molecule has 9 nitrogen and oxygen atoms in total. The highest BCUT2D eigenvalue weighted by molar-refractivity contribution is 6.01. The summed E-state index contributed by atoms with van der Waals surface area (Å²) in [7, 11) is 3.32. The zero-order chi connectivity index (χ0) is 20.3. The van der Waals surface area contributed by atoms with Crippen LogP contribution in [0, 0.1) is 0 Å². The van der Waals surface area contributed by atoms with Crippen molar-refractivity contribution in [3.05, 3.63) is 35.9 Å².